The van der Waals surface area contributed by atoms with Crippen molar-refractivity contribution in [3.05, 3.63) is 41.5 Å². The van der Waals surface area contributed by atoms with E-state index in [0.29, 0.717) is 30.2 Å². The number of benzene rings is 1. The van der Waals surface area contributed by atoms with E-state index >= 15 is 0 Å². The highest BCUT2D eigenvalue weighted by Gasteiger charge is 2.15. The summed E-state index contributed by atoms with van der Waals surface area (Å²) in [5, 5.41) is 2.88. The van der Waals surface area contributed by atoms with Gasteiger partial charge >= 0.3 is 5.97 Å². The smallest absolute Gasteiger partial charge is 0.341 e. The number of nitrogens with one attached hydrogen (secondary N) is 1. The average Bonchev–Trinajstić information content (AvgIpc) is 3.04. The SMILES string of the molecule is COC(=O)c1cc(CNC(=O)C[C@@H]2C=CCC2)ccc1OC. The summed E-state index contributed by atoms with van der Waals surface area (Å²) in [5.74, 6) is 0.368. The van der Waals surface area contributed by atoms with Gasteiger partial charge in [0, 0.05) is 13.0 Å². The maximum absolute atomic E-state index is 11.9. The van der Waals surface area contributed by atoms with Crippen LogP contribution in [-0.4, -0.2) is 26.1 Å². The minimum Gasteiger partial charge on any atom is -0.496 e. The van der Waals surface area contributed by atoms with Gasteiger partial charge in [-0.25, -0.2) is 4.79 Å². The molecule has 0 radical (unpaired) electrons. The Morgan fingerprint density at radius 3 is 2.77 bits per heavy atom. The molecule has 0 aliphatic heterocycles. The van der Waals surface area contributed by atoms with E-state index in [-0.39, 0.29) is 5.91 Å². The Hall–Kier alpha value is -2.30. The number of methoxy groups -OCH3 is 2. The average molecular weight is 303 g/mol. The Morgan fingerprint density at radius 1 is 1.32 bits per heavy atom. The molecule has 1 aliphatic carbocycles. The number of rotatable bonds is 6. The number of hydrogen-bond donors (Lipinski definition) is 1. The van der Waals surface area contributed by atoms with Crippen LogP contribution in [0.15, 0.2) is 30.4 Å². The summed E-state index contributed by atoms with van der Waals surface area (Å²) in [4.78, 5) is 23.6. The summed E-state index contributed by atoms with van der Waals surface area (Å²) < 4.78 is 9.88. The van der Waals surface area contributed by atoms with Gasteiger partial charge < -0.3 is 14.8 Å². The largest absolute Gasteiger partial charge is 0.496 e. The summed E-state index contributed by atoms with van der Waals surface area (Å²) >= 11 is 0. The molecule has 1 N–H and O–H groups in total. The van der Waals surface area contributed by atoms with Crippen LogP contribution in [0.5, 0.6) is 5.75 Å². The highest BCUT2D eigenvalue weighted by Crippen LogP contribution is 2.22. The molecule has 0 spiro atoms. The second kappa shape index (κ2) is 7.64. The third-order valence-electron chi connectivity index (χ3n) is 3.72. The van der Waals surface area contributed by atoms with E-state index in [2.05, 4.69) is 17.5 Å². The van der Waals surface area contributed by atoms with Crippen molar-refractivity contribution in [2.75, 3.05) is 14.2 Å². The first-order valence-corrected chi connectivity index (χ1v) is 7.32. The predicted octanol–water partition coefficient (Wildman–Crippen LogP) is 2.45. The molecule has 1 aromatic rings. The van der Waals surface area contributed by atoms with Gasteiger partial charge in [0.15, 0.2) is 0 Å². The molecule has 0 saturated heterocycles. The zero-order valence-electron chi connectivity index (χ0n) is 12.9. The Kier molecular flexibility index (Phi) is 5.58. The zero-order valence-corrected chi connectivity index (χ0v) is 12.9. The lowest BCUT2D eigenvalue weighted by Gasteiger charge is -2.11. The van der Waals surface area contributed by atoms with E-state index in [9.17, 15) is 9.59 Å². The molecule has 0 unspecified atom stereocenters. The molecule has 0 fully saturated rings. The molecule has 0 aromatic heterocycles. The van der Waals surface area contributed by atoms with E-state index in [1.54, 1.807) is 12.1 Å². The molecule has 1 aromatic carbocycles. The van der Waals surface area contributed by atoms with Gasteiger partial charge in [-0.05, 0) is 36.5 Å². The van der Waals surface area contributed by atoms with Crippen molar-refractivity contribution in [2.24, 2.45) is 5.92 Å². The minimum atomic E-state index is -0.457. The molecule has 1 aliphatic rings. The van der Waals surface area contributed by atoms with Crippen molar-refractivity contribution in [2.45, 2.75) is 25.8 Å². The quantitative estimate of drug-likeness (QED) is 0.647. The Balaban J connectivity index is 1.96. The molecule has 0 bridgehead atoms. The van der Waals surface area contributed by atoms with Crippen molar-refractivity contribution < 1.29 is 19.1 Å². The third kappa shape index (κ3) is 4.10. The highest BCUT2D eigenvalue weighted by atomic mass is 16.5. The molecular weight excluding hydrogens is 282 g/mol. The van der Waals surface area contributed by atoms with Gasteiger partial charge in [-0.3, -0.25) is 4.79 Å². The molecule has 2 rings (SSSR count). The molecule has 1 atom stereocenters. The van der Waals surface area contributed by atoms with E-state index in [1.165, 1.54) is 14.2 Å². The normalized spacial score (nSPS) is 16.4. The van der Waals surface area contributed by atoms with Crippen LogP contribution in [0, 0.1) is 5.92 Å². The predicted molar refractivity (Wildman–Crippen MR) is 82.7 cm³/mol. The lowest BCUT2D eigenvalue weighted by Crippen LogP contribution is -2.24. The zero-order chi connectivity index (χ0) is 15.9. The number of amides is 1. The lowest BCUT2D eigenvalue weighted by atomic mass is 10.0. The van der Waals surface area contributed by atoms with Gasteiger partial charge in [0.25, 0.3) is 0 Å². The fourth-order valence-corrected chi connectivity index (χ4v) is 2.51. The molecule has 0 saturated carbocycles. The van der Waals surface area contributed by atoms with Gasteiger partial charge in [0.05, 0.1) is 14.2 Å². The number of allylic oxidation sites excluding steroid dienone is 2. The molecule has 1 amide bonds. The molecule has 5 nitrogen and oxygen atoms in total. The summed E-state index contributed by atoms with van der Waals surface area (Å²) in [6.07, 6.45) is 6.82. The summed E-state index contributed by atoms with van der Waals surface area (Å²) in [5.41, 5.74) is 1.19. The van der Waals surface area contributed by atoms with Crippen LogP contribution in [0.3, 0.4) is 0 Å². The second-order valence-corrected chi connectivity index (χ2v) is 5.27. The van der Waals surface area contributed by atoms with Gasteiger partial charge in [-0.2, -0.15) is 0 Å². The van der Waals surface area contributed by atoms with Crippen molar-refractivity contribution in [3.63, 3.8) is 0 Å². The first-order chi connectivity index (χ1) is 10.6. The van der Waals surface area contributed by atoms with Crippen LogP contribution in [0.25, 0.3) is 0 Å². The van der Waals surface area contributed by atoms with Gasteiger partial charge in [-0.1, -0.05) is 18.2 Å². The van der Waals surface area contributed by atoms with Crippen molar-refractivity contribution in [3.8, 4) is 5.75 Å². The van der Waals surface area contributed by atoms with Crippen molar-refractivity contribution in [1.82, 2.24) is 5.32 Å². The van der Waals surface area contributed by atoms with Crippen LogP contribution in [0.1, 0.15) is 35.2 Å². The Bertz CT molecular complexity index is 580. The van der Waals surface area contributed by atoms with Gasteiger partial charge in [0.1, 0.15) is 11.3 Å². The van der Waals surface area contributed by atoms with Crippen LogP contribution in [0.2, 0.25) is 0 Å². The maximum Gasteiger partial charge on any atom is 0.341 e. The maximum atomic E-state index is 11.9. The van der Waals surface area contributed by atoms with E-state index in [0.717, 1.165) is 18.4 Å². The third-order valence-corrected chi connectivity index (χ3v) is 3.72. The number of hydrogen-bond acceptors (Lipinski definition) is 4. The summed E-state index contributed by atoms with van der Waals surface area (Å²) in [6, 6.07) is 5.20. The molecule has 5 heteroatoms. The number of ether oxygens (including phenoxy) is 2. The second-order valence-electron chi connectivity index (χ2n) is 5.27. The van der Waals surface area contributed by atoms with Gasteiger partial charge in [0.2, 0.25) is 5.91 Å². The first-order valence-electron chi connectivity index (χ1n) is 7.32. The summed E-state index contributed by atoms with van der Waals surface area (Å²) in [6.45, 7) is 0.378. The van der Waals surface area contributed by atoms with E-state index in [1.807, 2.05) is 6.07 Å². The number of carbonyl (C=O) groups excluding carboxylic acids is 2. The Morgan fingerprint density at radius 2 is 2.14 bits per heavy atom. The monoisotopic (exact) mass is 303 g/mol. The van der Waals surface area contributed by atoms with Crippen LogP contribution in [-0.2, 0) is 16.1 Å². The fraction of sp³-hybridized carbons (Fsp3) is 0.412. The van der Waals surface area contributed by atoms with E-state index < -0.39 is 5.97 Å². The summed E-state index contributed by atoms with van der Waals surface area (Å²) in [7, 11) is 2.82. The first kappa shape index (κ1) is 16.1. The lowest BCUT2D eigenvalue weighted by molar-refractivity contribution is -0.121. The molecule has 22 heavy (non-hydrogen) atoms. The molecular formula is C17H21NO4. The highest BCUT2D eigenvalue weighted by molar-refractivity contribution is 5.92. The molecule has 118 valence electrons. The fourth-order valence-electron chi connectivity index (χ4n) is 2.51. The number of esters is 1. The number of carbonyl (C=O) groups is 2. The van der Waals surface area contributed by atoms with Crippen LogP contribution >= 0.6 is 0 Å². The van der Waals surface area contributed by atoms with Gasteiger partial charge in [-0.15, -0.1) is 0 Å². The van der Waals surface area contributed by atoms with Crippen LogP contribution in [0.4, 0.5) is 0 Å². The minimum absolute atomic E-state index is 0.0204. The van der Waals surface area contributed by atoms with E-state index in [4.69, 9.17) is 9.47 Å². The topological polar surface area (TPSA) is 64.6 Å². The standard InChI is InChI=1S/C17H21NO4/c1-21-15-8-7-13(9-14(15)17(20)22-2)11-18-16(19)10-12-5-3-4-6-12/h3,5,7-9,12H,4,6,10-11H2,1-2H3,(H,18,19)/t12-/m1/s1. The molecule has 0 heterocycles. The van der Waals surface area contributed by atoms with Crippen molar-refractivity contribution >= 4 is 11.9 Å². The van der Waals surface area contributed by atoms with Crippen molar-refractivity contribution in [1.29, 1.82) is 0 Å². The Labute approximate surface area is 130 Å². The van der Waals surface area contributed by atoms with Crippen LogP contribution < -0.4 is 10.1 Å².